The Hall–Kier alpha value is 0.314. The van der Waals surface area contributed by atoms with Gasteiger partial charge in [0.25, 0.3) is 0 Å². The fourth-order valence-electron chi connectivity index (χ4n) is 1.30. The van der Waals surface area contributed by atoms with Gasteiger partial charge in [-0.25, -0.2) is 0 Å². The average molecular weight is 293 g/mol. The molecule has 0 aliphatic heterocycles. The van der Waals surface area contributed by atoms with Gasteiger partial charge < -0.3 is 13.6 Å². The van der Waals surface area contributed by atoms with Gasteiger partial charge in [0.1, 0.15) is 0 Å². The molecule has 3 nitrogen and oxygen atoms in total. The number of hydrogen-bond acceptors (Lipinski definition) is 3. The van der Waals surface area contributed by atoms with Crippen LogP contribution >= 0.6 is 0 Å². The summed E-state index contributed by atoms with van der Waals surface area (Å²) in [5.74, 6) is 0. The Morgan fingerprint density at radius 2 is 1.33 bits per heavy atom. The van der Waals surface area contributed by atoms with Gasteiger partial charge in [-0.05, 0) is 60.1 Å². The van der Waals surface area contributed by atoms with Crippen molar-refractivity contribution in [2.75, 3.05) is 13.2 Å². The molecule has 0 spiro atoms. The Balaban J connectivity index is 4.35. The van der Waals surface area contributed by atoms with Crippen LogP contribution in [0.25, 0.3) is 0 Å². The van der Waals surface area contributed by atoms with Crippen molar-refractivity contribution in [2.45, 2.75) is 71.8 Å². The van der Waals surface area contributed by atoms with E-state index in [0.717, 1.165) is 0 Å². The van der Waals surface area contributed by atoms with Crippen LogP contribution < -0.4 is 0 Å². The van der Waals surface area contributed by atoms with Gasteiger partial charge in [-0.1, -0.05) is 0 Å². The molecule has 0 aromatic carbocycles. The van der Waals surface area contributed by atoms with Crippen LogP contribution in [0, 0.1) is 0 Å². The molecular formula is C13H32O3Si2. The Morgan fingerprint density at radius 3 is 1.67 bits per heavy atom. The summed E-state index contributed by atoms with van der Waals surface area (Å²) in [6.45, 7) is 20.7. The van der Waals surface area contributed by atoms with Crippen molar-refractivity contribution in [3.63, 3.8) is 0 Å². The highest BCUT2D eigenvalue weighted by Crippen LogP contribution is 2.14. The van der Waals surface area contributed by atoms with E-state index in [1.807, 2.05) is 0 Å². The number of rotatable bonds is 7. The lowest BCUT2D eigenvalue weighted by Crippen LogP contribution is -2.41. The van der Waals surface area contributed by atoms with Gasteiger partial charge in [-0.2, -0.15) is 0 Å². The molecule has 0 bridgehead atoms. The third kappa shape index (κ3) is 12.8. The van der Waals surface area contributed by atoms with Crippen LogP contribution in [-0.4, -0.2) is 41.6 Å². The first-order valence-electron chi connectivity index (χ1n) is 6.74. The molecule has 0 amide bonds. The van der Waals surface area contributed by atoms with E-state index in [1.165, 1.54) is 0 Å². The highest BCUT2D eigenvalue weighted by Gasteiger charge is 2.25. The number of ether oxygens (including phenoxy) is 1. The third-order valence-electron chi connectivity index (χ3n) is 1.92. The summed E-state index contributed by atoms with van der Waals surface area (Å²) in [7, 11) is -3.05. The van der Waals surface area contributed by atoms with Crippen LogP contribution in [0.1, 0.15) is 20.8 Å². The van der Waals surface area contributed by atoms with Crippen molar-refractivity contribution in [1.82, 2.24) is 0 Å². The van der Waals surface area contributed by atoms with Gasteiger partial charge in [-0.15, -0.1) is 0 Å². The highest BCUT2D eigenvalue weighted by atomic mass is 28.4. The Kier molecular flexibility index (Phi) is 6.77. The summed E-state index contributed by atoms with van der Waals surface area (Å²) < 4.78 is 17.9. The highest BCUT2D eigenvalue weighted by molar-refractivity contribution is 6.70. The molecular weight excluding hydrogens is 260 g/mol. The van der Waals surface area contributed by atoms with E-state index in [-0.39, 0.29) is 11.7 Å². The molecule has 0 N–H and O–H groups in total. The van der Waals surface area contributed by atoms with Crippen molar-refractivity contribution in [3.8, 4) is 0 Å². The predicted molar refractivity (Wildman–Crippen MR) is 83.2 cm³/mol. The van der Waals surface area contributed by atoms with Crippen LogP contribution in [0.3, 0.4) is 0 Å². The first-order chi connectivity index (χ1) is 7.79. The van der Waals surface area contributed by atoms with Crippen LogP contribution in [0.2, 0.25) is 39.3 Å². The van der Waals surface area contributed by atoms with Crippen molar-refractivity contribution in [1.29, 1.82) is 0 Å². The average Bonchev–Trinajstić information content (AvgIpc) is 2.05. The summed E-state index contributed by atoms with van der Waals surface area (Å²) in [6.07, 6.45) is 0.0580. The molecule has 18 heavy (non-hydrogen) atoms. The molecule has 110 valence electrons. The molecule has 0 rings (SSSR count). The first-order valence-corrected chi connectivity index (χ1v) is 13.6. The van der Waals surface area contributed by atoms with Gasteiger partial charge in [0, 0.05) is 0 Å². The van der Waals surface area contributed by atoms with Gasteiger partial charge in [0.15, 0.2) is 16.6 Å². The molecule has 1 unspecified atom stereocenters. The lowest BCUT2D eigenvalue weighted by molar-refractivity contribution is -0.0539. The van der Waals surface area contributed by atoms with Gasteiger partial charge in [0.05, 0.1) is 24.9 Å². The molecule has 0 aliphatic carbocycles. The fraction of sp³-hybridized carbons (Fsp3) is 1.00. The monoisotopic (exact) mass is 292 g/mol. The second-order valence-electron chi connectivity index (χ2n) is 7.70. The van der Waals surface area contributed by atoms with Gasteiger partial charge in [0.2, 0.25) is 0 Å². The van der Waals surface area contributed by atoms with Crippen LogP contribution in [0.15, 0.2) is 0 Å². The second-order valence-corrected chi connectivity index (χ2v) is 16.7. The lowest BCUT2D eigenvalue weighted by atomic mass is 10.2. The minimum atomic E-state index is -1.56. The van der Waals surface area contributed by atoms with Crippen LogP contribution in [-0.2, 0) is 13.6 Å². The molecule has 0 radical (unpaired) electrons. The summed E-state index contributed by atoms with van der Waals surface area (Å²) >= 11 is 0. The van der Waals surface area contributed by atoms with Crippen molar-refractivity contribution >= 4 is 16.6 Å². The van der Waals surface area contributed by atoms with E-state index in [9.17, 15) is 0 Å². The Bertz CT molecular complexity index is 218. The van der Waals surface area contributed by atoms with E-state index < -0.39 is 16.6 Å². The zero-order valence-corrected chi connectivity index (χ0v) is 15.7. The first kappa shape index (κ1) is 18.3. The largest absolute Gasteiger partial charge is 0.415 e. The van der Waals surface area contributed by atoms with E-state index in [4.69, 9.17) is 13.6 Å². The van der Waals surface area contributed by atoms with E-state index in [2.05, 4.69) is 60.1 Å². The lowest BCUT2D eigenvalue weighted by Gasteiger charge is -2.31. The molecule has 0 aromatic heterocycles. The molecule has 0 saturated carbocycles. The van der Waals surface area contributed by atoms with Crippen molar-refractivity contribution in [2.24, 2.45) is 0 Å². The second kappa shape index (κ2) is 6.65. The molecule has 0 saturated heterocycles. The van der Waals surface area contributed by atoms with Crippen LogP contribution in [0.5, 0.6) is 0 Å². The number of hydrogen-bond donors (Lipinski definition) is 0. The smallest absolute Gasteiger partial charge is 0.184 e. The van der Waals surface area contributed by atoms with Crippen molar-refractivity contribution < 1.29 is 13.6 Å². The molecule has 0 heterocycles. The topological polar surface area (TPSA) is 27.7 Å². The van der Waals surface area contributed by atoms with Gasteiger partial charge in [-0.3, -0.25) is 0 Å². The van der Waals surface area contributed by atoms with E-state index in [0.29, 0.717) is 13.2 Å². The van der Waals surface area contributed by atoms with Crippen molar-refractivity contribution in [3.05, 3.63) is 0 Å². The minimum Gasteiger partial charge on any atom is -0.415 e. The molecule has 1 atom stereocenters. The van der Waals surface area contributed by atoms with Crippen LogP contribution in [0.4, 0.5) is 0 Å². The minimum absolute atomic E-state index is 0.0580. The Morgan fingerprint density at radius 1 is 0.833 bits per heavy atom. The standard InChI is InChI=1S/C13H32O3Si2/c1-13(2,3)14-10-12(16-18(7,8)9)11-15-17(4,5)6/h12H,10-11H2,1-9H3. The molecule has 5 heteroatoms. The molecule has 0 aliphatic rings. The fourth-order valence-corrected chi connectivity index (χ4v) is 3.12. The SMILES string of the molecule is CC(C)(C)OCC(CO[Si](C)(C)C)O[Si](C)(C)C. The zero-order chi connectivity index (χ0) is 14.6. The summed E-state index contributed by atoms with van der Waals surface area (Å²) in [5.41, 5.74) is -0.125. The Labute approximate surface area is 115 Å². The van der Waals surface area contributed by atoms with E-state index in [1.54, 1.807) is 0 Å². The quantitative estimate of drug-likeness (QED) is 0.667. The normalized spacial score (nSPS) is 15.8. The van der Waals surface area contributed by atoms with E-state index >= 15 is 0 Å². The maximum absolute atomic E-state index is 6.14. The molecule has 0 fully saturated rings. The predicted octanol–water partition coefficient (Wildman–Crippen LogP) is 3.87. The summed E-state index contributed by atoms with van der Waals surface area (Å²) in [5, 5.41) is 0. The maximum atomic E-state index is 6.14. The third-order valence-corrected chi connectivity index (χ3v) is 4.00. The summed E-state index contributed by atoms with van der Waals surface area (Å²) in [4.78, 5) is 0. The van der Waals surface area contributed by atoms with Gasteiger partial charge >= 0.3 is 0 Å². The summed E-state index contributed by atoms with van der Waals surface area (Å²) in [6, 6.07) is 0. The zero-order valence-electron chi connectivity index (χ0n) is 13.7. The molecule has 0 aromatic rings. The maximum Gasteiger partial charge on any atom is 0.184 e.